The molecular weight excluding hydrogens is 417 g/mol. The van der Waals surface area contributed by atoms with Crippen molar-refractivity contribution in [3.05, 3.63) is 87.4 Å². The number of benzene rings is 2. The number of likely N-dealkylation sites (tertiary alicyclic amines) is 1. The first-order chi connectivity index (χ1) is 14.6. The van der Waals surface area contributed by atoms with E-state index in [-0.39, 0.29) is 11.8 Å². The normalized spacial score (nSPS) is 18.7. The second-order valence-electron chi connectivity index (χ2n) is 8.20. The summed E-state index contributed by atoms with van der Waals surface area (Å²) in [4.78, 5) is 19.7. The Bertz CT molecular complexity index is 1090. The Morgan fingerprint density at radius 2 is 1.90 bits per heavy atom. The van der Waals surface area contributed by atoms with Crippen molar-refractivity contribution in [2.24, 2.45) is 0 Å². The Morgan fingerprint density at radius 1 is 1.10 bits per heavy atom. The molecular formula is C24H23Cl2N3O. The van der Waals surface area contributed by atoms with Gasteiger partial charge in [-0.05, 0) is 54.2 Å². The number of aromatic nitrogens is 2. The third-order valence-corrected chi connectivity index (χ3v) is 7.02. The molecule has 1 atom stereocenters. The molecule has 1 saturated heterocycles. The van der Waals surface area contributed by atoms with E-state index in [1.54, 1.807) is 6.07 Å². The molecule has 1 aliphatic heterocycles. The van der Waals surface area contributed by atoms with Crippen molar-refractivity contribution < 1.29 is 4.79 Å². The SMILES string of the molecule is O=C(C1Cc2ccccc21)N1CCC(c2nccn2Cc2cc(Cl)ccc2Cl)CC1. The van der Waals surface area contributed by atoms with Crippen LogP contribution in [0.1, 0.15) is 47.2 Å². The van der Waals surface area contributed by atoms with E-state index < -0.39 is 0 Å². The zero-order valence-electron chi connectivity index (χ0n) is 16.6. The minimum atomic E-state index is 0.0460. The first-order valence-electron chi connectivity index (χ1n) is 10.4. The van der Waals surface area contributed by atoms with Crippen molar-refractivity contribution in [1.29, 1.82) is 0 Å². The molecule has 1 amide bonds. The van der Waals surface area contributed by atoms with E-state index in [9.17, 15) is 4.79 Å². The van der Waals surface area contributed by atoms with Crippen LogP contribution in [0.4, 0.5) is 0 Å². The smallest absolute Gasteiger partial charge is 0.230 e. The van der Waals surface area contributed by atoms with Gasteiger partial charge in [-0.3, -0.25) is 4.79 Å². The van der Waals surface area contributed by atoms with E-state index >= 15 is 0 Å². The summed E-state index contributed by atoms with van der Waals surface area (Å²) < 4.78 is 2.15. The monoisotopic (exact) mass is 439 g/mol. The van der Waals surface area contributed by atoms with Crippen molar-refractivity contribution >= 4 is 29.1 Å². The fourth-order valence-electron chi connectivity index (χ4n) is 4.72. The van der Waals surface area contributed by atoms with Crippen LogP contribution >= 0.6 is 23.2 Å². The molecule has 4 nitrogen and oxygen atoms in total. The highest BCUT2D eigenvalue weighted by Gasteiger charge is 2.36. The molecule has 30 heavy (non-hydrogen) atoms. The quantitative estimate of drug-likeness (QED) is 0.554. The summed E-state index contributed by atoms with van der Waals surface area (Å²) in [5, 5.41) is 1.39. The molecule has 0 spiro atoms. The molecule has 3 aromatic rings. The summed E-state index contributed by atoms with van der Waals surface area (Å²) in [6, 6.07) is 13.8. The van der Waals surface area contributed by atoms with Crippen molar-refractivity contribution in [3.63, 3.8) is 0 Å². The molecule has 1 aliphatic carbocycles. The van der Waals surface area contributed by atoms with Crippen LogP contribution in [0.25, 0.3) is 0 Å². The van der Waals surface area contributed by atoms with Gasteiger partial charge in [0.25, 0.3) is 0 Å². The van der Waals surface area contributed by atoms with Crippen LogP contribution in [0.5, 0.6) is 0 Å². The number of imidazole rings is 1. The number of rotatable bonds is 4. The van der Waals surface area contributed by atoms with E-state index in [0.29, 0.717) is 22.5 Å². The van der Waals surface area contributed by atoms with Crippen LogP contribution in [0.2, 0.25) is 10.0 Å². The molecule has 2 heterocycles. The number of piperidine rings is 1. The molecule has 2 aliphatic rings. The summed E-state index contributed by atoms with van der Waals surface area (Å²) in [5.41, 5.74) is 3.51. The van der Waals surface area contributed by atoms with Gasteiger partial charge in [0, 0.05) is 41.4 Å². The van der Waals surface area contributed by atoms with Gasteiger partial charge in [0.05, 0.1) is 12.5 Å². The number of halogens is 2. The van der Waals surface area contributed by atoms with Gasteiger partial charge >= 0.3 is 0 Å². The second-order valence-corrected chi connectivity index (χ2v) is 9.05. The number of amides is 1. The molecule has 0 bridgehead atoms. The van der Waals surface area contributed by atoms with Gasteiger partial charge in [0.1, 0.15) is 5.82 Å². The summed E-state index contributed by atoms with van der Waals surface area (Å²) >= 11 is 12.5. The Kier molecular flexibility index (Phi) is 5.30. The van der Waals surface area contributed by atoms with Gasteiger partial charge in [0.2, 0.25) is 5.91 Å². The Balaban J connectivity index is 1.24. The number of hydrogen-bond donors (Lipinski definition) is 0. The van der Waals surface area contributed by atoms with E-state index in [1.165, 1.54) is 11.1 Å². The predicted molar refractivity (Wildman–Crippen MR) is 119 cm³/mol. The summed E-state index contributed by atoms with van der Waals surface area (Å²) in [6.07, 6.45) is 6.58. The molecule has 6 heteroatoms. The average molecular weight is 440 g/mol. The number of carbonyl (C=O) groups excluding carboxylic acids is 1. The number of fused-ring (bicyclic) bond motifs is 1. The van der Waals surface area contributed by atoms with Crippen LogP contribution in [-0.4, -0.2) is 33.4 Å². The van der Waals surface area contributed by atoms with Crippen LogP contribution < -0.4 is 0 Å². The fourth-order valence-corrected chi connectivity index (χ4v) is 5.09. The number of hydrogen-bond acceptors (Lipinski definition) is 2. The molecule has 154 valence electrons. The Hall–Kier alpha value is -2.30. The highest BCUT2D eigenvalue weighted by atomic mass is 35.5. The third kappa shape index (κ3) is 3.63. The lowest BCUT2D eigenvalue weighted by Crippen LogP contribution is -2.43. The second kappa shape index (κ2) is 8.09. The van der Waals surface area contributed by atoms with Crippen molar-refractivity contribution in [2.45, 2.75) is 37.6 Å². The van der Waals surface area contributed by atoms with Gasteiger partial charge in [-0.25, -0.2) is 4.98 Å². The highest BCUT2D eigenvalue weighted by molar-refractivity contribution is 6.33. The fraction of sp³-hybridized carbons (Fsp3) is 0.333. The predicted octanol–water partition coefficient (Wildman–Crippen LogP) is 5.28. The lowest BCUT2D eigenvalue weighted by atomic mass is 9.76. The molecule has 1 aromatic heterocycles. The van der Waals surface area contributed by atoms with E-state index in [0.717, 1.165) is 43.7 Å². The maximum atomic E-state index is 13.0. The summed E-state index contributed by atoms with van der Waals surface area (Å²) in [6.45, 7) is 2.21. The summed E-state index contributed by atoms with van der Waals surface area (Å²) in [7, 11) is 0. The standard InChI is InChI=1S/C24H23Cl2N3O/c25-19-5-6-22(26)18(13-19)15-29-12-9-27-23(29)16-7-10-28(11-8-16)24(30)21-14-17-3-1-2-4-20(17)21/h1-6,9,12-13,16,21H,7-8,10-11,14-15H2. The van der Waals surface area contributed by atoms with Crippen molar-refractivity contribution in [2.75, 3.05) is 13.1 Å². The molecule has 2 aromatic carbocycles. The Labute approximate surface area is 186 Å². The largest absolute Gasteiger partial charge is 0.342 e. The lowest BCUT2D eigenvalue weighted by Gasteiger charge is -2.37. The van der Waals surface area contributed by atoms with Gasteiger partial charge in [0.15, 0.2) is 0 Å². The molecule has 1 fully saturated rings. The molecule has 1 unspecified atom stereocenters. The van der Waals surface area contributed by atoms with E-state index in [2.05, 4.69) is 21.7 Å². The van der Waals surface area contributed by atoms with Gasteiger partial charge in [-0.1, -0.05) is 47.5 Å². The number of nitrogens with zero attached hydrogens (tertiary/aromatic N) is 3. The Morgan fingerprint density at radius 3 is 2.70 bits per heavy atom. The van der Waals surface area contributed by atoms with E-state index in [1.807, 2.05) is 41.6 Å². The van der Waals surface area contributed by atoms with E-state index in [4.69, 9.17) is 23.2 Å². The highest BCUT2D eigenvalue weighted by Crippen LogP contribution is 2.37. The maximum Gasteiger partial charge on any atom is 0.230 e. The lowest BCUT2D eigenvalue weighted by molar-refractivity contribution is -0.134. The molecule has 5 rings (SSSR count). The first-order valence-corrected chi connectivity index (χ1v) is 11.2. The average Bonchev–Trinajstić information content (AvgIpc) is 3.20. The number of carbonyl (C=O) groups is 1. The van der Waals surface area contributed by atoms with Crippen LogP contribution in [0.15, 0.2) is 54.9 Å². The van der Waals surface area contributed by atoms with Crippen molar-refractivity contribution in [1.82, 2.24) is 14.5 Å². The zero-order valence-corrected chi connectivity index (χ0v) is 18.1. The summed E-state index contributed by atoms with van der Waals surface area (Å²) in [5.74, 6) is 1.73. The van der Waals surface area contributed by atoms with Gasteiger partial charge in [-0.15, -0.1) is 0 Å². The van der Waals surface area contributed by atoms with Gasteiger partial charge in [-0.2, -0.15) is 0 Å². The minimum Gasteiger partial charge on any atom is -0.342 e. The first kappa shape index (κ1) is 19.7. The van der Waals surface area contributed by atoms with Crippen LogP contribution in [0.3, 0.4) is 0 Å². The topological polar surface area (TPSA) is 38.1 Å². The molecule has 0 radical (unpaired) electrons. The van der Waals surface area contributed by atoms with Crippen LogP contribution in [0, 0.1) is 0 Å². The maximum absolute atomic E-state index is 13.0. The van der Waals surface area contributed by atoms with Crippen LogP contribution in [-0.2, 0) is 17.8 Å². The zero-order chi connectivity index (χ0) is 20.7. The van der Waals surface area contributed by atoms with Crippen molar-refractivity contribution in [3.8, 4) is 0 Å². The minimum absolute atomic E-state index is 0.0460. The molecule has 0 N–H and O–H groups in total. The third-order valence-electron chi connectivity index (χ3n) is 6.42. The van der Waals surface area contributed by atoms with Gasteiger partial charge < -0.3 is 9.47 Å². The molecule has 0 saturated carbocycles.